The van der Waals surface area contributed by atoms with Crippen LogP contribution in [0.25, 0.3) is 0 Å². The molecule has 1 amide bonds. The zero-order chi connectivity index (χ0) is 14.6. The molecular weight excluding hydrogens is 242 g/mol. The first-order valence-corrected chi connectivity index (χ1v) is 6.32. The van der Waals surface area contributed by atoms with Gasteiger partial charge in [0.25, 0.3) is 0 Å². The quantitative estimate of drug-likeness (QED) is 0.686. The van der Waals surface area contributed by atoms with Crippen LogP contribution in [0.5, 0.6) is 5.75 Å². The van der Waals surface area contributed by atoms with Gasteiger partial charge in [-0.25, -0.2) is 0 Å². The molecule has 0 aromatic heterocycles. The molecule has 0 unspecified atom stereocenters. The molecule has 0 heterocycles. The Bertz CT molecular complexity index is 456. The fourth-order valence-electron chi connectivity index (χ4n) is 1.41. The Balaban J connectivity index is 2.77. The molecular formula is C14H23N3O2. The van der Waals surface area contributed by atoms with E-state index in [0.29, 0.717) is 18.0 Å². The molecule has 0 atom stereocenters. The van der Waals surface area contributed by atoms with Gasteiger partial charge in [-0.2, -0.15) is 0 Å². The molecule has 5 heteroatoms. The van der Waals surface area contributed by atoms with Crippen molar-refractivity contribution in [1.29, 1.82) is 0 Å². The van der Waals surface area contributed by atoms with E-state index in [1.807, 2.05) is 26.0 Å². The summed E-state index contributed by atoms with van der Waals surface area (Å²) in [6.07, 6.45) is 0.0552. The average molecular weight is 265 g/mol. The molecule has 106 valence electrons. The summed E-state index contributed by atoms with van der Waals surface area (Å²) in [6.45, 7) is 7.93. The van der Waals surface area contributed by atoms with Crippen LogP contribution in [0.3, 0.4) is 0 Å². The van der Waals surface area contributed by atoms with E-state index in [1.54, 1.807) is 19.9 Å². The van der Waals surface area contributed by atoms with Crippen LogP contribution in [-0.2, 0) is 4.79 Å². The van der Waals surface area contributed by atoms with E-state index in [2.05, 4.69) is 5.32 Å². The number of benzene rings is 1. The second-order valence-corrected chi connectivity index (χ2v) is 5.52. The molecule has 0 saturated carbocycles. The van der Waals surface area contributed by atoms with Gasteiger partial charge in [-0.05, 0) is 39.8 Å². The maximum Gasteiger partial charge on any atom is 0.224 e. The van der Waals surface area contributed by atoms with Crippen LogP contribution in [0.4, 0.5) is 11.4 Å². The molecule has 0 radical (unpaired) electrons. The summed E-state index contributed by atoms with van der Waals surface area (Å²) in [4.78, 5) is 11.2. The van der Waals surface area contributed by atoms with Gasteiger partial charge in [0.2, 0.25) is 5.91 Å². The first kappa shape index (κ1) is 15.1. The predicted octanol–water partition coefficient (Wildman–Crippen LogP) is 1.98. The van der Waals surface area contributed by atoms with Gasteiger partial charge in [0.1, 0.15) is 5.75 Å². The third kappa shape index (κ3) is 4.35. The van der Waals surface area contributed by atoms with Crippen LogP contribution in [0.1, 0.15) is 27.7 Å². The molecule has 1 rings (SSSR count). The molecule has 0 bridgehead atoms. The van der Waals surface area contributed by atoms with Crippen LogP contribution >= 0.6 is 0 Å². The molecule has 0 aliphatic carbocycles. The maximum absolute atomic E-state index is 11.2. The van der Waals surface area contributed by atoms with Crippen molar-refractivity contribution in [2.75, 3.05) is 17.6 Å². The predicted molar refractivity (Wildman–Crippen MR) is 78.1 cm³/mol. The van der Waals surface area contributed by atoms with Gasteiger partial charge in [0, 0.05) is 18.3 Å². The van der Waals surface area contributed by atoms with Gasteiger partial charge in [-0.3, -0.25) is 4.79 Å². The topological polar surface area (TPSA) is 90.4 Å². The van der Waals surface area contributed by atoms with Crippen LogP contribution in [-0.4, -0.2) is 18.6 Å². The van der Waals surface area contributed by atoms with Crippen molar-refractivity contribution in [2.24, 2.45) is 11.1 Å². The fourth-order valence-corrected chi connectivity index (χ4v) is 1.41. The van der Waals surface area contributed by atoms with Gasteiger partial charge in [-0.15, -0.1) is 0 Å². The van der Waals surface area contributed by atoms with E-state index in [-0.39, 0.29) is 12.0 Å². The number of ether oxygens (including phenoxy) is 1. The highest BCUT2D eigenvalue weighted by molar-refractivity contribution is 5.80. The third-order valence-corrected chi connectivity index (χ3v) is 2.78. The molecule has 1 aromatic rings. The first-order valence-electron chi connectivity index (χ1n) is 6.32. The Morgan fingerprint density at radius 2 is 2.05 bits per heavy atom. The summed E-state index contributed by atoms with van der Waals surface area (Å²) in [6, 6.07) is 5.45. The lowest BCUT2D eigenvalue weighted by molar-refractivity contribution is -0.125. The Labute approximate surface area is 114 Å². The van der Waals surface area contributed by atoms with E-state index >= 15 is 0 Å². The summed E-state index contributed by atoms with van der Waals surface area (Å²) < 4.78 is 5.61. The minimum absolute atomic E-state index is 0.0552. The summed E-state index contributed by atoms with van der Waals surface area (Å²) in [7, 11) is 0. The fraction of sp³-hybridized carbons (Fsp3) is 0.500. The SMILES string of the molecule is CC(C)Oc1cc(NCC(C)(C)C(N)=O)ccc1N. The van der Waals surface area contributed by atoms with E-state index in [1.165, 1.54) is 0 Å². The van der Waals surface area contributed by atoms with Crippen molar-refractivity contribution in [1.82, 2.24) is 0 Å². The Kier molecular flexibility index (Phi) is 4.64. The Hall–Kier alpha value is -1.91. The average Bonchev–Trinajstić information content (AvgIpc) is 2.29. The minimum atomic E-state index is -0.611. The highest BCUT2D eigenvalue weighted by atomic mass is 16.5. The number of anilines is 2. The number of hydrogen-bond acceptors (Lipinski definition) is 4. The lowest BCUT2D eigenvalue weighted by Crippen LogP contribution is -2.37. The standard InChI is InChI=1S/C14H23N3O2/c1-9(2)19-12-7-10(5-6-11(12)15)17-8-14(3,4)13(16)18/h5-7,9,17H,8,15H2,1-4H3,(H2,16,18). The van der Waals surface area contributed by atoms with E-state index in [9.17, 15) is 4.79 Å². The normalized spacial score (nSPS) is 11.4. The van der Waals surface area contributed by atoms with Crippen LogP contribution in [0.15, 0.2) is 18.2 Å². The summed E-state index contributed by atoms with van der Waals surface area (Å²) in [5.41, 5.74) is 12.0. The van der Waals surface area contributed by atoms with Crippen LogP contribution in [0, 0.1) is 5.41 Å². The molecule has 5 nitrogen and oxygen atoms in total. The summed E-state index contributed by atoms with van der Waals surface area (Å²) >= 11 is 0. The largest absolute Gasteiger partial charge is 0.489 e. The van der Waals surface area contributed by atoms with Crippen molar-refractivity contribution in [3.05, 3.63) is 18.2 Å². The smallest absolute Gasteiger partial charge is 0.224 e. The van der Waals surface area contributed by atoms with Gasteiger partial charge in [-0.1, -0.05) is 0 Å². The number of nitrogen functional groups attached to an aromatic ring is 1. The van der Waals surface area contributed by atoms with E-state index < -0.39 is 5.41 Å². The Morgan fingerprint density at radius 1 is 1.42 bits per heavy atom. The first-order chi connectivity index (χ1) is 8.72. The molecule has 0 aliphatic heterocycles. The number of nitrogens with one attached hydrogen (secondary N) is 1. The van der Waals surface area contributed by atoms with Crippen molar-refractivity contribution in [3.8, 4) is 5.75 Å². The van der Waals surface area contributed by atoms with Gasteiger partial charge >= 0.3 is 0 Å². The third-order valence-electron chi connectivity index (χ3n) is 2.78. The number of primary amides is 1. The minimum Gasteiger partial charge on any atom is -0.489 e. The molecule has 0 aliphatic rings. The number of carbonyl (C=O) groups is 1. The van der Waals surface area contributed by atoms with Crippen LogP contribution < -0.4 is 21.5 Å². The highest BCUT2D eigenvalue weighted by Gasteiger charge is 2.24. The van der Waals surface area contributed by atoms with Crippen molar-refractivity contribution in [2.45, 2.75) is 33.8 Å². The number of nitrogens with two attached hydrogens (primary N) is 2. The van der Waals surface area contributed by atoms with Gasteiger partial charge < -0.3 is 21.5 Å². The molecule has 19 heavy (non-hydrogen) atoms. The second-order valence-electron chi connectivity index (χ2n) is 5.52. The highest BCUT2D eigenvalue weighted by Crippen LogP contribution is 2.27. The van der Waals surface area contributed by atoms with Crippen molar-refractivity contribution >= 4 is 17.3 Å². The van der Waals surface area contributed by atoms with E-state index in [4.69, 9.17) is 16.2 Å². The zero-order valence-corrected chi connectivity index (χ0v) is 12.0. The maximum atomic E-state index is 11.2. The number of hydrogen-bond donors (Lipinski definition) is 3. The van der Waals surface area contributed by atoms with E-state index in [0.717, 1.165) is 5.69 Å². The Morgan fingerprint density at radius 3 is 2.58 bits per heavy atom. The van der Waals surface area contributed by atoms with Gasteiger partial charge in [0.15, 0.2) is 0 Å². The molecule has 0 saturated heterocycles. The second kappa shape index (κ2) is 5.82. The lowest BCUT2D eigenvalue weighted by atomic mass is 9.92. The lowest BCUT2D eigenvalue weighted by Gasteiger charge is -2.22. The number of rotatable bonds is 6. The number of amides is 1. The molecule has 5 N–H and O–H groups in total. The molecule has 0 fully saturated rings. The van der Waals surface area contributed by atoms with Crippen molar-refractivity contribution < 1.29 is 9.53 Å². The number of carbonyl (C=O) groups excluding carboxylic acids is 1. The summed E-state index contributed by atoms with van der Waals surface area (Å²) in [5.74, 6) is 0.297. The molecule has 0 spiro atoms. The van der Waals surface area contributed by atoms with Gasteiger partial charge in [0.05, 0.1) is 17.2 Å². The van der Waals surface area contributed by atoms with Crippen molar-refractivity contribution in [3.63, 3.8) is 0 Å². The zero-order valence-electron chi connectivity index (χ0n) is 12.0. The monoisotopic (exact) mass is 265 g/mol. The van der Waals surface area contributed by atoms with Crippen LogP contribution in [0.2, 0.25) is 0 Å². The molecule has 1 aromatic carbocycles. The summed E-state index contributed by atoms with van der Waals surface area (Å²) in [5, 5.41) is 3.17.